The van der Waals surface area contributed by atoms with Crippen LogP contribution in [0.4, 0.5) is 0 Å². The smallest absolute Gasteiger partial charge is 0.0124 e. The van der Waals surface area contributed by atoms with Gasteiger partial charge >= 0.3 is 0 Å². The fourth-order valence-corrected chi connectivity index (χ4v) is 3.50. The van der Waals surface area contributed by atoms with Crippen molar-refractivity contribution in [1.29, 1.82) is 0 Å². The first kappa shape index (κ1) is 17.2. The maximum atomic E-state index is 3.88. The normalized spacial score (nSPS) is 19.1. The van der Waals surface area contributed by atoms with E-state index < -0.39 is 0 Å². The van der Waals surface area contributed by atoms with Gasteiger partial charge in [0.2, 0.25) is 0 Å². The van der Waals surface area contributed by atoms with Gasteiger partial charge in [-0.15, -0.1) is 0 Å². The van der Waals surface area contributed by atoms with Crippen LogP contribution < -0.4 is 5.32 Å². The third kappa shape index (κ3) is 6.25. The Bertz CT molecular complexity index is 258. The first-order chi connectivity index (χ1) is 10.3. The van der Waals surface area contributed by atoms with E-state index in [2.05, 4.69) is 35.9 Å². The monoisotopic (exact) mass is 295 g/mol. The molecular formula is C18H37N3. The van der Waals surface area contributed by atoms with Crippen LogP contribution in [0.15, 0.2) is 0 Å². The van der Waals surface area contributed by atoms with E-state index in [0.717, 1.165) is 17.9 Å². The zero-order valence-corrected chi connectivity index (χ0v) is 14.6. The highest BCUT2D eigenvalue weighted by molar-refractivity contribution is 4.96. The summed E-state index contributed by atoms with van der Waals surface area (Å²) >= 11 is 0. The lowest BCUT2D eigenvalue weighted by molar-refractivity contribution is 0.239. The van der Waals surface area contributed by atoms with Crippen molar-refractivity contribution in [2.24, 2.45) is 11.8 Å². The largest absolute Gasteiger partial charge is 0.312 e. The summed E-state index contributed by atoms with van der Waals surface area (Å²) in [6.07, 6.45) is 7.24. The molecule has 0 radical (unpaired) electrons. The van der Waals surface area contributed by atoms with Crippen LogP contribution in [0, 0.1) is 11.8 Å². The van der Waals surface area contributed by atoms with Gasteiger partial charge in [0.15, 0.2) is 0 Å². The molecule has 2 aliphatic carbocycles. The SMILES string of the molecule is CCN(CC)CCCN(CC)CCNC(C1CC1)C1CC1. The maximum Gasteiger partial charge on any atom is 0.0124 e. The molecule has 0 amide bonds. The van der Waals surface area contributed by atoms with Gasteiger partial charge in [-0.05, 0) is 76.7 Å². The minimum absolute atomic E-state index is 0.861. The fourth-order valence-electron chi connectivity index (χ4n) is 3.50. The Balaban J connectivity index is 1.56. The molecule has 2 saturated carbocycles. The van der Waals surface area contributed by atoms with E-state index in [1.807, 2.05) is 0 Å². The zero-order valence-electron chi connectivity index (χ0n) is 14.6. The molecule has 0 saturated heterocycles. The van der Waals surface area contributed by atoms with Crippen molar-refractivity contribution in [1.82, 2.24) is 15.1 Å². The van der Waals surface area contributed by atoms with Crippen molar-refractivity contribution >= 4 is 0 Å². The molecule has 0 unspecified atom stereocenters. The van der Waals surface area contributed by atoms with Crippen molar-refractivity contribution in [3.05, 3.63) is 0 Å². The molecule has 0 bridgehead atoms. The molecule has 0 atom stereocenters. The van der Waals surface area contributed by atoms with Gasteiger partial charge in [0.1, 0.15) is 0 Å². The second-order valence-electron chi connectivity index (χ2n) is 6.97. The van der Waals surface area contributed by atoms with E-state index in [4.69, 9.17) is 0 Å². The third-order valence-electron chi connectivity index (χ3n) is 5.36. The van der Waals surface area contributed by atoms with Gasteiger partial charge < -0.3 is 15.1 Å². The number of hydrogen-bond donors (Lipinski definition) is 1. The highest BCUT2D eigenvalue weighted by Gasteiger charge is 2.40. The number of rotatable bonds is 13. The van der Waals surface area contributed by atoms with Gasteiger partial charge in [-0.1, -0.05) is 20.8 Å². The van der Waals surface area contributed by atoms with Crippen LogP contribution in [0.2, 0.25) is 0 Å². The second-order valence-corrected chi connectivity index (χ2v) is 6.97. The van der Waals surface area contributed by atoms with E-state index in [-0.39, 0.29) is 0 Å². The zero-order chi connectivity index (χ0) is 15.1. The molecule has 0 spiro atoms. The summed E-state index contributed by atoms with van der Waals surface area (Å²) in [5, 5.41) is 3.88. The van der Waals surface area contributed by atoms with Crippen LogP contribution in [-0.2, 0) is 0 Å². The Morgan fingerprint density at radius 1 is 0.810 bits per heavy atom. The predicted molar refractivity (Wildman–Crippen MR) is 91.8 cm³/mol. The summed E-state index contributed by atoms with van der Waals surface area (Å²) in [6, 6.07) is 0.861. The topological polar surface area (TPSA) is 18.5 Å². The van der Waals surface area contributed by atoms with Gasteiger partial charge in [-0.25, -0.2) is 0 Å². The van der Waals surface area contributed by atoms with E-state index >= 15 is 0 Å². The molecule has 0 aliphatic heterocycles. The van der Waals surface area contributed by atoms with Gasteiger partial charge in [0, 0.05) is 19.1 Å². The summed E-state index contributed by atoms with van der Waals surface area (Å²) in [4.78, 5) is 5.15. The third-order valence-corrected chi connectivity index (χ3v) is 5.36. The van der Waals surface area contributed by atoms with Crippen molar-refractivity contribution in [2.75, 3.05) is 45.8 Å². The predicted octanol–water partition coefficient (Wildman–Crippen LogP) is 2.82. The molecule has 0 aromatic carbocycles. The number of nitrogens with zero attached hydrogens (tertiary/aromatic N) is 2. The first-order valence-corrected chi connectivity index (χ1v) is 9.46. The summed E-state index contributed by atoms with van der Waals surface area (Å²) < 4.78 is 0. The van der Waals surface area contributed by atoms with Gasteiger partial charge in [0.25, 0.3) is 0 Å². The van der Waals surface area contributed by atoms with Crippen molar-refractivity contribution in [2.45, 2.75) is 58.9 Å². The van der Waals surface area contributed by atoms with Crippen molar-refractivity contribution in [3.63, 3.8) is 0 Å². The Morgan fingerprint density at radius 3 is 1.81 bits per heavy atom. The van der Waals surface area contributed by atoms with Crippen LogP contribution >= 0.6 is 0 Å². The van der Waals surface area contributed by atoms with Crippen LogP contribution in [0.1, 0.15) is 52.9 Å². The van der Waals surface area contributed by atoms with Crippen LogP contribution in [0.5, 0.6) is 0 Å². The van der Waals surface area contributed by atoms with E-state index in [1.54, 1.807) is 0 Å². The lowest BCUT2D eigenvalue weighted by Crippen LogP contribution is -2.40. The summed E-state index contributed by atoms with van der Waals surface area (Å²) in [6.45, 7) is 15.3. The quantitative estimate of drug-likeness (QED) is 0.564. The van der Waals surface area contributed by atoms with Crippen LogP contribution in [0.25, 0.3) is 0 Å². The number of hydrogen-bond acceptors (Lipinski definition) is 3. The molecule has 2 fully saturated rings. The van der Waals surface area contributed by atoms with Crippen LogP contribution in [-0.4, -0.2) is 61.7 Å². The van der Waals surface area contributed by atoms with E-state index in [0.29, 0.717) is 0 Å². The Hall–Kier alpha value is -0.120. The molecule has 1 N–H and O–H groups in total. The van der Waals surface area contributed by atoms with E-state index in [9.17, 15) is 0 Å². The lowest BCUT2D eigenvalue weighted by Gasteiger charge is -2.25. The summed E-state index contributed by atoms with van der Waals surface area (Å²) in [7, 11) is 0. The minimum atomic E-state index is 0.861. The molecule has 124 valence electrons. The number of likely N-dealkylation sites (N-methyl/N-ethyl adjacent to an activating group) is 1. The average Bonchev–Trinajstić information content (AvgIpc) is 3.39. The Labute approximate surface area is 132 Å². The van der Waals surface area contributed by atoms with Gasteiger partial charge in [0.05, 0.1) is 0 Å². The fraction of sp³-hybridized carbons (Fsp3) is 1.00. The van der Waals surface area contributed by atoms with E-state index in [1.165, 1.54) is 77.9 Å². The molecule has 21 heavy (non-hydrogen) atoms. The molecule has 2 aliphatic rings. The molecule has 3 nitrogen and oxygen atoms in total. The van der Waals surface area contributed by atoms with Gasteiger partial charge in [-0.3, -0.25) is 0 Å². The summed E-state index contributed by atoms with van der Waals surface area (Å²) in [5.74, 6) is 2.05. The Morgan fingerprint density at radius 2 is 1.33 bits per heavy atom. The summed E-state index contributed by atoms with van der Waals surface area (Å²) in [5.41, 5.74) is 0. The first-order valence-electron chi connectivity index (χ1n) is 9.46. The molecule has 3 heteroatoms. The molecule has 2 rings (SSSR count). The molecular weight excluding hydrogens is 258 g/mol. The highest BCUT2D eigenvalue weighted by atomic mass is 15.2. The standard InChI is InChI=1S/C18H37N3/c1-4-20(5-2)13-7-14-21(6-3)15-12-19-18(16-8-9-16)17-10-11-17/h16-19H,4-15H2,1-3H3. The molecule has 0 aromatic rings. The average molecular weight is 296 g/mol. The highest BCUT2D eigenvalue weighted by Crippen LogP contribution is 2.44. The lowest BCUT2D eigenvalue weighted by atomic mass is 10.1. The van der Waals surface area contributed by atoms with Crippen molar-refractivity contribution < 1.29 is 0 Å². The molecule has 0 heterocycles. The molecule has 0 aromatic heterocycles. The van der Waals surface area contributed by atoms with Crippen LogP contribution in [0.3, 0.4) is 0 Å². The second kappa shape index (κ2) is 9.12. The minimum Gasteiger partial charge on any atom is -0.312 e. The van der Waals surface area contributed by atoms with Gasteiger partial charge in [-0.2, -0.15) is 0 Å². The Kier molecular flexibility index (Phi) is 7.48. The van der Waals surface area contributed by atoms with Crippen molar-refractivity contribution in [3.8, 4) is 0 Å². The maximum absolute atomic E-state index is 3.88. The number of nitrogens with one attached hydrogen (secondary N) is 1.